The van der Waals surface area contributed by atoms with Crippen molar-refractivity contribution in [1.82, 2.24) is 0 Å². The molecule has 0 heterocycles. The Kier molecular flexibility index (Phi) is 4.18. The van der Waals surface area contributed by atoms with Crippen LogP contribution < -0.4 is 5.32 Å². The quantitative estimate of drug-likeness (QED) is 0.852. The van der Waals surface area contributed by atoms with Gasteiger partial charge in [-0.25, -0.2) is 12.8 Å². The number of phenols is 1. The first kappa shape index (κ1) is 15.3. The Morgan fingerprint density at radius 3 is 2.29 bits per heavy atom. The van der Waals surface area contributed by atoms with E-state index in [2.05, 4.69) is 5.32 Å². The minimum atomic E-state index is -3.21. The average Bonchev–Trinajstić information content (AvgIpc) is 2.42. The molecule has 1 atom stereocenters. The molecule has 0 bridgehead atoms. The molecule has 2 N–H and O–H groups in total. The monoisotopic (exact) mass is 309 g/mol. The summed E-state index contributed by atoms with van der Waals surface area (Å²) in [6.45, 7) is 1.88. The number of anilines is 1. The first-order valence-electron chi connectivity index (χ1n) is 6.32. The Bertz CT molecular complexity index is 742. The van der Waals surface area contributed by atoms with Crippen LogP contribution in [0.15, 0.2) is 47.4 Å². The summed E-state index contributed by atoms with van der Waals surface area (Å²) in [6.07, 6.45) is 1.16. The number of hydrogen-bond donors (Lipinski definition) is 2. The molecule has 21 heavy (non-hydrogen) atoms. The van der Waals surface area contributed by atoms with Crippen LogP contribution in [0.3, 0.4) is 0 Å². The van der Waals surface area contributed by atoms with E-state index in [0.717, 1.165) is 11.8 Å². The lowest BCUT2D eigenvalue weighted by molar-refractivity contribution is 0.432. The van der Waals surface area contributed by atoms with E-state index in [1.165, 1.54) is 12.1 Å². The molecule has 0 radical (unpaired) electrons. The van der Waals surface area contributed by atoms with Crippen LogP contribution in [0, 0.1) is 5.82 Å². The summed E-state index contributed by atoms with van der Waals surface area (Å²) in [5.41, 5.74) is 1.40. The van der Waals surface area contributed by atoms with Gasteiger partial charge in [-0.2, -0.15) is 0 Å². The fourth-order valence-electron chi connectivity index (χ4n) is 1.93. The van der Waals surface area contributed by atoms with Gasteiger partial charge in [0.25, 0.3) is 0 Å². The number of sulfone groups is 1. The summed E-state index contributed by atoms with van der Waals surface area (Å²) >= 11 is 0. The smallest absolute Gasteiger partial charge is 0.175 e. The molecular weight excluding hydrogens is 293 g/mol. The minimum absolute atomic E-state index is 0.137. The summed E-state index contributed by atoms with van der Waals surface area (Å²) < 4.78 is 36.0. The van der Waals surface area contributed by atoms with Crippen LogP contribution in [0.25, 0.3) is 0 Å². The highest BCUT2D eigenvalue weighted by molar-refractivity contribution is 7.90. The summed E-state index contributed by atoms with van der Waals surface area (Å²) in [7, 11) is -3.21. The highest BCUT2D eigenvalue weighted by Crippen LogP contribution is 2.24. The van der Waals surface area contributed by atoms with Gasteiger partial charge in [0.05, 0.1) is 4.90 Å². The topological polar surface area (TPSA) is 66.4 Å². The molecule has 2 aromatic rings. The van der Waals surface area contributed by atoms with E-state index in [9.17, 15) is 12.8 Å². The van der Waals surface area contributed by atoms with Gasteiger partial charge in [-0.15, -0.1) is 0 Å². The van der Waals surface area contributed by atoms with Crippen LogP contribution in [0.2, 0.25) is 0 Å². The first-order chi connectivity index (χ1) is 9.77. The van der Waals surface area contributed by atoms with Gasteiger partial charge >= 0.3 is 0 Å². The van der Waals surface area contributed by atoms with E-state index in [1.807, 2.05) is 6.92 Å². The van der Waals surface area contributed by atoms with Gasteiger partial charge in [0, 0.05) is 24.1 Å². The zero-order valence-corrected chi connectivity index (χ0v) is 12.5. The predicted molar refractivity (Wildman–Crippen MR) is 79.7 cm³/mol. The van der Waals surface area contributed by atoms with Crippen LogP contribution >= 0.6 is 0 Å². The molecule has 0 amide bonds. The van der Waals surface area contributed by atoms with E-state index < -0.39 is 21.4 Å². The first-order valence-corrected chi connectivity index (χ1v) is 8.21. The summed E-state index contributed by atoms with van der Waals surface area (Å²) in [4.78, 5) is 0.258. The molecule has 0 fully saturated rings. The number of halogens is 1. The highest BCUT2D eigenvalue weighted by atomic mass is 32.2. The number of benzene rings is 2. The zero-order chi connectivity index (χ0) is 15.6. The van der Waals surface area contributed by atoms with Crippen molar-refractivity contribution in [3.05, 3.63) is 53.8 Å². The molecule has 1 unspecified atom stereocenters. The third-order valence-electron chi connectivity index (χ3n) is 3.14. The third-order valence-corrected chi connectivity index (χ3v) is 4.27. The molecule has 6 heteroatoms. The lowest BCUT2D eigenvalue weighted by Crippen LogP contribution is -2.07. The molecule has 0 aliphatic carbocycles. The van der Waals surface area contributed by atoms with Crippen molar-refractivity contribution < 1.29 is 17.9 Å². The van der Waals surface area contributed by atoms with Crippen molar-refractivity contribution >= 4 is 15.5 Å². The van der Waals surface area contributed by atoms with Gasteiger partial charge in [-0.3, -0.25) is 0 Å². The molecule has 0 aromatic heterocycles. The second-order valence-corrected chi connectivity index (χ2v) is 6.89. The zero-order valence-electron chi connectivity index (χ0n) is 11.7. The summed E-state index contributed by atoms with van der Waals surface area (Å²) in [6, 6.07) is 10.4. The highest BCUT2D eigenvalue weighted by Gasteiger charge is 2.10. The maximum atomic E-state index is 13.3. The molecule has 112 valence electrons. The standard InChI is InChI=1S/C15H16FNO3S/c1-10(17-12-5-8-15(18)14(16)9-12)11-3-6-13(7-4-11)21(2,19)20/h3-10,17-18H,1-2H3. The van der Waals surface area contributed by atoms with E-state index in [4.69, 9.17) is 5.11 Å². The Balaban J connectivity index is 2.16. The number of phenolic OH excluding ortho intramolecular Hbond substituents is 1. The lowest BCUT2D eigenvalue weighted by atomic mass is 10.1. The van der Waals surface area contributed by atoms with E-state index >= 15 is 0 Å². The molecule has 0 saturated carbocycles. The largest absolute Gasteiger partial charge is 0.505 e. The van der Waals surface area contributed by atoms with Gasteiger partial charge in [0.15, 0.2) is 21.4 Å². The van der Waals surface area contributed by atoms with E-state index in [0.29, 0.717) is 5.69 Å². The SMILES string of the molecule is CC(Nc1ccc(O)c(F)c1)c1ccc(S(C)(=O)=O)cc1. The van der Waals surface area contributed by atoms with Crippen LogP contribution in [0.1, 0.15) is 18.5 Å². The van der Waals surface area contributed by atoms with Gasteiger partial charge in [0.1, 0.15) is 0 Å². The van der Waals surface area contributed by atoms with E-state index in [1.54, 1.807) is 30.3 Å². The second-order valence-electron chi connectivity index (χ2n) is 4.87. The van der Waals surface area contributed by atoms with Crippen LogP contribution in [0.4, 0.5) is 10.1 Å². The van der Waals surface area contributed by atoms with Gasteiger partial charge in [0.2, 0.25) is 0 Å². The summed E-state index contributed by atoms with van der Waals surface area (Å²) in [5, 5.41) is 12.2. The van der Waals surface area contributed by atoms with Gasteiger partial charge < -0.3 is 10.4 Å². The number of nitrogens with one attached hydrogen (secondary N) is 1. The van der Waals surface area contributed by atoms with Crippen molar-refractivity contribution in [1.29, 1.82) is 0 Å². The van der Waals surface area contributed by atoms with Crippen molar-refractivity contribution in [3.63, 3.8) is 0 Å². The predicted octanol–water partition coefficient (Wildman–Crippen LogP) is 3.11. The number of hydrogen-bond acceptors (Lipinski definition) is 4. The van der Waals surface area contributed by atoms with Crippen LogP contribution in [-0.2, 0) is 9.84 Å². The molecule has 0 aliphatic rings. The molecule has 0 aliphatic heterocycles. The average molecular weight is 309 g/mol. The van der Waals surface area contributed by atoms with Crippen molar-refractivity contribution in [2.45, 2.75) is 17.9 Å². The second kappa shape index (κ2) is 5.73. The number of aromatic hydroxyl groups is 1. The third kappa shape index (κ3) is 3.72. The fourth-order valence-corrected chi connectivity index (χ4v) is 2.56. The van der Waals surface area contributed by atoms with E-state index in [-0.39, 0.29) is 10.9 Å². The molecule has 0 spiro atoms. The molecule has 0 saturated heterocycles. The van der Waals surface area contributed by atoms with Crippen molar-refractivity contribution in [2.24, 2.45) is 0 Å². The van der Waals surface area contributed by atoms with Crippen LogP contribution in [0.5, 0.6) is 5.75 Å². The van der Waals surface area contributed by atoms with Gasteiger partial charge in [-0.1, -0.05) is 12.1 Å². The molecule has 2 aromatic carbocycles. The number of rotatable bonds is 4. The minimum Gasteiger partial charge on any atom is -0.505 e. The summed E-state index contributed by atoms with van der Waals surface area (Å²) in [5.74, 6) is -1.09. The lowest BCUT2D eigenvalue weighted by Gasteiger charge is -2.16. The molecule has 2 rings (SSSR count). The van der Waals surface area contributed by atoms with Gasteiger partial charge in [-0.05, 0) is 36.8 Å². The Morgan fingerprint density at radius 1 is 1.14 bits per heavy atom. The van der Waals surface area contributed by atoms with Crippen molar-refractivity contribution in [2.75, 3.05) is 11.6 Å². The fraction of sp³-hybridized carbons (Fsp3) is 0.200. The maximum Gasteiger partial charge on any atom is 0.175 e. The maximum absolute atomic E-state index is 13.3. The normalized spacial score (nSPS) is 12.9. The Labute approximate surface area is 123 Å². The Hall–Kier alpha value is -2.08. The molecular formula is C15H16FNO3S. The Morgan fingerprint density at radius 2 is 1.76 bits per heavy atom. The van der Waals surface area contributed by atoms with Crippen molar-refractivity contribution in [3.8, 4) is 5.75 Å². The molecule has 4 nitrogen and oxygen atoms in total. The van der Waals surface area contributed by atoms with Crippen LogP contribution in [-0.4, -0.2) is 19.8 Å².